The minimum atomic E-state index is -0.353. The standard InChI is InChI=1S/C7H8N2OS/c8-2-6-1-5(4-11-6)7(9)3-10/h1,4,7,10H,3,9H2/t7-/m0/s1. The van der Waals surface area contributed by atoms with Crippen LogP contribution in [0.5, 0.6) is 0 Å². The number of aliphatic hydroxyl groups is 1. The average molecular weight is 168 g/mol. The van der Waals surface area contributed by atoms with Crippen LogP contribution in [-0.2, 0) is 0 Å². The molecule has 0 aliphatic carbocycles. The summed E-state index contributed by atoms with van der Waals surface area (Å²) in [6.45, 7) is -0.0817. The first kappa shape index (κ1) is 8.21. The summed E-state index contributed by atoms with van der Waals surface area (Å²) in [5.41, 5.74) is 6.34. The van der Waals surface area contributed by atoms with Gasteiger partial charge in [-0.2, -0.15) is 5.26 Å². The van der Waals surface area contributed by atoms with Crippen LogP contribution < -0.4 is 5.73 Å². The SMILES string of the molecule is N#Cc1cc([C@@H](N)CO)cs1. The molecule has 0 aliphatic heterocycles. The maximum absolute atomic E-state index is 8.67. The van der Waals surface area contributed by atoms with Crippen LogP contribution in [0.2, 0.25) is 0 Å². The Morgan fingerprint density at radius 3 is 3.00 bits per heavy atom. The third kappa shape index (κ3) is 1.77. The van der Waals surface area contributed by atoms with Gasteiger partial charge in [-0.05, 0) is 17.0 Å². The van der Waals surface area contributed by atoms with E-state index >= 15 is 0 Å². The lowest BCUT2D eigenvalue weighted by Crippen LogP contribution is -2.13. The van der Waals surface area contributed by atoms with Gasteiger partial charge in [0, 0.05) is 0 Å². The number of nitriles is 1. The molecule has 3 nitrogen and oxygen atoms in total. The minimum absolute atomic E-state index is 0.0817. The van der Waals surface area contributed by atoms with Gasteiger partial charge in [0.05, 0.1) is 12.6 Å². The van der Waals surface area contributed by atoms with E-state index in [-0.39, 0.29) is 12.6 Å². The molecule has 0 saturated heterocycles. The van der Waals surface area contributed by atoms with E-state index in [2.05, 4.69) is 0 Å². The Bertz CT molecular complexity index is 276. The fourth-order valence-electron chi connectivity index (χ4n) is 0.709. The number of thiophene rings is 1. The summed E-state index contributed by atoms with van der Waals surface area (Å²) in [7, 11) is 0. The van der Waals surface area contributed by atoms with E-state index in [1.807, 2.05) is 6.07 Å². The average Bonchev–Trinajstić information content (AvgIpc) is 2.50. The predicted octanol–water partition coefficient (Wildman–Crippen LogP) is 0.612. The maximum Gasteiger partial charge on any atom is 0.110 e. The van der Waals surface area contributed by atoms with Gasteiger partial charge in [-0.3, -0.25) is 0 Å². The van der Waals surface area contributed by atoms with Crippen LogP contribution in [0.25, 0.3) is 0 Å². The molecule has 1 aromatic rings. The number of hydrogen-bond donors (Lipinski definition) is 2. The highest BCUT2D eigenvalue weighted by Crippen LogP contribution is 2.18. The summed E-state index contributed by atoms with van der Waals surface area (Å²) in [5, 5.41) is 18.9. The summed E-state index contributed by atoms with van der Waals surface area (Å²) < 4.78 is 0. The van der Waals surface area contributed by atoms with Crippen molar-refractivity contribution in [3.8, 4) is 6.07 Å². The third-order valence-electron chi connectivity index (χ3n) is 1.35. The number of nitrogens with two attached hydrogens (primary N) is 1. The molecule has 0 unspecified atom stereocenters. The van der Waals surface area contributed by atoms with Crippen LogP contribution >= 0.6 is 11.3 Å². The fraction of sp³-hybridized carbons (Fsp3) is 0.286. The fourth-order valence-corrected chi connectivity index (χ4v) is 1.47. The molecule has 3 N–H and O–H groups in total. The van der Waals surface area contributed by atoms with E-state index in [0.29, 0.717) is 4.88 Å². The van der Waals surface area contributed by atoms with Gasteiger partial charge in [0.1, 0.15) is 10.9 Å². The van der Waals surface area contributed by atoms with Crippen molar-refractivity contribution in [1.29, 1.82) is 5.26 Å². The van der Waals surface area contributed by atoms with Crippen molar-refractivity contribution in [2.75, 3.05) is 6.61 Å². The van der Waals surface area contributed by atoms with Gasteiger partial charge in [-0.15, -0.1) is 11.3 Å². The second-order valence-electron chi connectivity index (χ2n) is 2.15. The molecule has 0 amide bonds. The molecule has 0 bridgehead atoms. The van der Waals surface area contributed by atoms with Gasteiger partial charge < -0.3 is 10.8 Å². The zero-order valence-electron chi connectivity index (χ0n) is 5.82. The van der Waals surface area contributed by atoms with Crippen molar-refractivity contribution in [3.05, 3.63) is 21.9 Å². The van der Waals surface area contributed by atoms with Crippen LogP contribution in [-0.4, -0.2) is 11.7 Å². The molecule has 0 saturated carbocycles. The quantitative estimate of drug-likeness (QED) is 0.679. The number of nitrogens with zero attached hydrogens (tertiary/aromatic N) is 1. The van der Waals surface area contributed by atoms with Crippen LogP contribution in [0.1, 0.15) is 16.5 Å². The molecule has 1 aromatic heterocycles. The summed E-state index contributed by atoms with van der Waals surface area (Å²) in [6, 6.07) is 3.35. The van der Waals surface area contributed by atoms with E-state index in [4.69, 9.17) is 16.1 Å². The second kappa shape index (κ2) is 3.49. The van der Waals surface area contributed by atoms with Crippen molar-refractivity contribution in [3.63, 3.8) is 0 Å². The van der Waals surface area contributed by atoms with Gasteiger partial charge in [-0.1, -0.05) is 0 Å². The van der Waals surface area contributed by atoms with Crippen LogP contribution in [0.15, 0.2) is 11.4 Å². The zero-order chi connectivity index (χ0) is 8.27. The Morgan fingerprint density at radius 1 is 1.82 bits per heavy atom. The Kier molecular flexibility index (Phi) is 2.60. The Balaban J connectivity index is 2.82. The molecule has 0 radical (unpaired) electrons. The van der Waals surface area contributed by atoms with Crippen molar-refractivity contribution in [2.45, 2.75) is 6.04 Å². The normalized spacial score (nSPS) is 12.5. The lowest BCUT2D eigenvalue weighted by atomic mass is 10.2. The first-order valence-corrected chi connectivity index (χ1v) is 4.01. The minimum Gasteiger partial charge on any atom is -0.394 e. The molecule has 0 aliphatic rings. The topological polar surface area (TPSA) is 70.0 Å². The molecule has 1 heterocycles. The number of rotatable bonds is 2. The Hall–Kier alpha value is -0.890. The Labute approximate surface area is 68.7 Å². The molecule has 0 aromatic carbocycles. The maximum atomic E-state index is 8.67. The van der Waals surface area contributed by atoms with E-state index in [1.165, 1.54) is 11.3 Å². The lowest BCUT2D eigenvalue weighted by molar-refractivity contribution is 0.268. The van der Waals surface area contributed by atoms with Crippen molar-refractivity contribution < 1.29 is 5.11 Å². The summed E-state index contributed by atoms with van der Waals surface area (Å²) >= 11 is 1.34. The van der Waals surface area contributed by atoms with Gasteiger partial charge >= 0.3 is 0 Å². The molecular weight excluding hydrogens is 160 g/mol. The molecule has 1 rings (SSSR count). The summed E-state index contributed by atoms with van der Waals surface area (Å²) in [5.74, 6) is 0. The molecular formula is C7H8N2OS. The molecule has 1 atom stereocenters. The van der Waals surface area contributed by atoms with Crippen LogP contribution in [0.3, 0.4) is 0 Å². The largest absolute Gasteiger partial charge is 0.394 e. The summed E-state index contributed by atoms with van der Waals surface area (Å²) in [6.07, 6.45) is 0. The van der Waals surface area contributed by atoms with Gasteiger partial charge in [0.25, 0.3) is 0 Å². The van der Waals surface area contributed by atoms with E-state index in [9.17, 15) is 0 Å². The van der Waals surface area contributed by atoms with E-state index in [1.54, 1.807) is 11.4 Å². The third-order valence-corrected chi connectivity index (χ3v) is 2.21. The first-order chi connectivity index (χ1) is 5.27. The van der Waals surface area contributed by atoms with Gasteiger partial charge in [0.15, 0.2) is 0 Å². The number of hydrogen-bond acceptors (Lipinski definition) is 4. The van der Waals surface area contributed by atoms with Crippen molar-refractivity contribution >= 4 is 11.3 Å². The summed E-state index contributed by atoms with van der Waals surface area (Å²) in [4.78, 5) is 0.629. The Morgan fingerprint density at radius 2 is 2.55 bits per heavy atom. The van der Waals surface area contributed by atoms with Crippen LogP contribution in [0, 0.1) is 11.3 Å². The molecule has 58 valence electrons. The zero-order valence-corrected chi connectivity index (χ0v) is 6.64. The lowest BCUT2D eigenvalue weighted by Gasteiger charge is -2.02. The van der Waals surface area contributed by atoms with E-state index in [0.717, 1.165) is 5.56 Å². The number of aliphatic hydroxyl groups excluding tert-OH is 1. The predicted molar refractivity (Wildman–Crippen MR) is 43.0 cm³/mol. The molecule has 4 heteroatoms. The monoisotopic (exact) mass is 168 g/mol. The smallest absolute Gasteiger partial charge is 0.110 e. The second-order valence-corrected chi connectivity index (χ2v) is 3.06. The van der Waals surface area contributed by atoms with Crippen molar-refractivity contribution in [1.82, 2.24) is 0 Å². The van der Waals surface area contributed by atoms with Crippen LogP contribution in [0.4, 0.5) is 0 Å². The molecule has 0 fully saturated rings. The van der Waals surface area contributed by atoms with Crippen molar-refractivity contribution in [2.24, 2.45) is 5.73 Å². The molecule has 11 heavy (non-hydrogen) atoms. The first-order valence-electron chi connectivity index (χ1n) is 3.13. The van der Waals surface area contributed by atoms with Gasteiger partial charge in [0.2, 0.25) is 0 Å². The highest BCUT2D eigenvalue weighted by Gasteiger charge is 2.06. The highest BCUT2D eigenvalue weighted by atomic mass is 32.1. The molecule has 0 spiro atoms. The van der Waals surface area contributed by atoms with Gasteiger partial charge in [-0.25, -0.2) is 0 Å². The highest BCUT2D eigenvalue weighted by molar-refractivity contribution is 7.10. The van der Waals surface area contributed by atoms with E-state index < -0.39 is 0 Å².